The maximum Gasteiger partial charge on any atom is 0.335 e. The van der Waals surface area contributed by atoms with Gasteiger partial charge in [0.05, 0.1) is 5.56 Å². The molecular weight excluding hydrogens is 200 g/mol. The highest BCUT2D eigenvalue weighted by atomic mass is 16.5. The number of rotatable bonds is 4. The van der Waals surface area contributed by atoms with Crippen molar-refractivity contribution in [2.45, 2.75) is 0 Å². The third-order valence-electron chi connectivity index (χ3n) is 1.55. The monoisotopic (exact) mass is 210 g/mol. The van der Waals surface area contributed by atoms with Crippen LogP contribution < -0.4 is 5.32 Å². The van der Waals surface area contributed by atoms with Gasteiger partial charge < -0.3 is 15.2 Å². The predicted octanol–water partition coefficient (Wildman–Crippen LogP) is 0.365. The number of carboxylic acid groups (broad SMARTS) is 1. The van der Waals surface area contributed by atoms with Crippen LogP contribution in [0.3, 0.4) is 0 Å². The number of amides is 1. The SMILES string of the molecule is COCC(=O)Nc1cc(C(=O)O)ccn1. The number of nitrogens with one attached hydrogen (secondary N) is 1. The van der Waals surface area contributed by atoms with Gasteiger partial charge in [0, 0.05) is 13.3 Å². The molecule has 1 rings (SSSR count). The van der Waals surface area contributed by atoms with Gasteiger partial charge in [-0.05, 0) is 12.1 Å². The third-order valence-corrected chi connectivity index (χ3v) is 1.55. The van der Waals surface area contributed by atoms with Crippen molar-refractivity contribution in [2.24, 2.45) is 0 Å². The van der Waals surface area contributed by atoms with Crippen LogP contribution in [0.25, 0.3) is 0 Å². The van der Waals surface area contributed by atoms with Gasteiger partial charge in [0.25, 0.3) is 5.91 Å². The van der Waals surface area contributed by atoms with Crippen molar-refractivity contribution in [2.75, 3.05) is 19.0 Å². The summed E-state index contributed by atoms with van der Waals surface area (Å²) in [5.41, 5.74) is 0.0673. The van der Waals surface area contributed by atoms with Crippen LogP contribution >= 0.6 is 0 Å². The first kappa shape index (κ1) is 11.1. The van der Waals surface area contributed by atoms with E-state index in [1.165, 1.54) is 25.4 Å². The van der Waals surface area contributed by atoms with Gasteiger partial charge >= 0.3 is 5.97 Å². The van der Waals surface area contributed by atoms with E-state index in [2.05, 4.69) is 15.0 Å². The molecule has 0 radical (unpaired) electrons. The second-order valence-corrected chi connectivity index (χ2v) is 2.72. The molecule has 0 atom stereocenters. The normalized spacial score (nSPS) is 9.67. The molecule has 0 aliphatic carbocycles. The Morgan fingerprint density at radius 1 is 1.60 bits per heavy atom. The molecule has 0 bridgehead atoms. The standard InChI is InChI=1S/C9H10N2O4/c1-15-5-8(12)11-7-4-6(9(13)14)2-3-10-7/h2-4H,5H2,1H3,(H,13,14)(H,10,11,12). The minimum absolute atomic E-state index is 0.0673. The summed E-state index contributed by atoms with van der Waals surface area (Å²) < 4.78 is 4.60. The third kappa shape index (κ3) is 3.35. The van der Waals surface area contributed by atoms with Gasteiger partial charge in [-0.15, -0.1) is 0 Å². The minimum Gasteiger partial charge on any atom is -0.478 e. The van der Waals surface area contributed by atoms with E-state index < -0.39 is 5.97 Å². The van der Waals surface area contributed by atoms with Crippen molar-refractivity contribution in [3.8, 4) is 0 Å². The summed E-state index contributed by atoms with van der Waals surface area (Å²) in [4.78, 5) is 25.5. The van der Waals surface area contributed by atoms with Crippen LogP contribution in [-0.4, -0.2) is 35.7 Å². The van der Waals surface area contributed by atoms with E-state index in [-0.39, 0.29) is 23.9 Å². The number of methoxy groups -OCH3 is 1. The molecule has 6 heteroatoms. The van der Waals surface area contributed by atoms with E-state index in [1.54, 1.807) is 0 Å². The Morgan fingerprint density at radius 3 is 2.93 bits per heavy atom. The first-order chi connectivity index (χ1) is 7.13. The van der Waals surface area contributed by atoms with Gasteiger partial charge in [0.1, 0.15) is 12.4 Å². The second-order valence-electron chi connectivity index (χ2n) is 2.72. The van der Waals surface area contributed by atoms with Crippen LogP contribution in [0.15, 0.2) is 18.3 Å². The molecule has 1 aromatic heterocycles. The van der Waals surface area contributed by atoms with Gasteiger partial charge in [-0.25, -0.2) is 9.78 Å². The van der Waals surface area contributed by atoms with E-state index in [0.717, 1.165) is 0 Å². The predicted molar refractivity (Wildman–Crippen MR) is 51.7 cm³/mol. The number of ether oxygens (including phenoxy) is 1. The number of carbonyl (C=O) groups excluding carboxylic acids is 1. The number of aromatic nitrogens is 1. The van der Waals surface area contributed by atoms with Crippen molar-refractivity contribution in [3.63, 3.8) is 0 Å². The molecule has 0 saturated carbocycles. The van der Waals surface area contributed by atoms with Crippen LogP contribution in [0.4, 0.5) is 5.82 Å². The molecule has 2 N–H and O–H groups in total. The lowest BCUT2D eigenvalue weighted by Crippen LogP contribution is -2.18. The van der Waals surface area contributed by atoms with Crippen molar-refractivity contribution >= 4 is 17.7 Å². The van der Waals surface area contributed by atoms with Crippen LogP contribution in [0.2, 0.25) is 0 Å². The molecule has 0 spiro atoms. The number of anilines is 1. The fourth-order valence-electron chi connectivity index (χ4n) is 0.942. The van der Waals surface area contributed by atoms with Crippen LogP contribution in [0.1, 0.15) is 10.4 Å². The number of carbonyl (C=O) groups is 2. The lowest BCUT2D eigenvalue weighted by molar-refractivity contribution is -0.119. The van der Waals surface area contributed by atoms with E-state index in [0.29, 0.717) is 0 Å². The zero-order valence-electron chi connectivity index (χ0n) is 8.06. The van der Waals surface area contributed by atoms with Crippen molar-refractivity contribution in [3.05, 3.63) is 23.9 Å². The van der Waals surface area contributed by atoms with E-state index in [1.807, 2.05) is 0 Å². The van der Waals surface area contributed by atoms with Crippen LogP contribution in [-0.2, 0) is 9.53 Å². The quantitative estimate of drug-likeness (QED) is 0.749. The second kappa shape index (κ2) is 5.06. The molecule has 0 unspecified atom stereocenters. The Labute approximate surface area is 85.9 Å². The fourth-order valence-corrected chi connectivity index (χ4v) is 0.942. The Hall–Kier alpha value is -1.95. The maximum absolute atomic E-state index is 11.1. The van der Waals surface area contributed by atoms with E-state index in [4.69, 9.17) is 5.11 Å². The summed E-state index contributed by atoms with van der Waals surface area (Å²) in [6.07, 6.45) is 1.31. The molecule has 0 fully saturated rings. The van der Waals surface area contributed by atoms with Crippen molar-refractivity contribution < 1.29 is 19.4 Å². The largest absolute Gasteiger partial charge is 0.478 e. The lowest BCUT2D eigenvalue weighted by Gasteiger charge is -2.03. The smallest absolute Gasteiger partial charge is 0.335 e. The number of carboxylic acids is 1. The molecule has 0 aliphatic heterocycles. The molecule has 0 aromatic carbocycles. The number of hydrogen-bond donors (Lipinski definition) is 2. The fraction of sp³-hybridized carbons (Fsp3) is 0.222. The summed E-state index contributed by atoms with van der Waals surface area (Å²) >= 11 is 0. The van der Waals surface area contributed by atoms with Crippen molar-refractivity contribution in [1.82, 2.24) is 4.98 Å². The highest BCUT2D eigenvalue weighted by Crippen LogP contribution is 2.06. The van der Waals surface area contributed by atoms with E-state index in [9.17, 15) is 9.59 Å². The zero-order chi connectivity index (χ0) is 11.3. The number of pyridine rings is 1. The molecule has 6 nitrogen and oxygen atoms in total. The maximum atomic E-state index is 11.1. The molecular formula is C9H10N2O4. The highest BCUT2D eigenvalue weighted by Gasteiger charge is 2.06. The average Bonchev–Trinajstić information content (AvgIpc) is 2.18. The molecule has 0 saturated heterocycles. The van der Waals surface area contributed by atoms with Crippen LogP contribution in [0, 0.1) is 0 Å². The first-order valence-corrected chi connectivity index (χ1v) is 4.11. The summed E-state index contributed by atoms with van der Waals surface area (Å²) in [5.74, 6) is -1.26. The molecule has 1 aromatic rings. The Balaban J connectivity index is 2.73. The van der Waals surface area contributed by atoms with Gasteiger partial charge in [-0.3, -0.25) is 4.79 Å². The molecule has 0 aliphatic rings. The Morgan fingerprint density at radius 2 is 2.33 bits per heavy atom. The minimum atomic E-state index is -1.07. The van der Waals surface area contributed by atoms with Gasteiger partial charge in [-0.2, -0.15) is 0 Å². The summed E-state index contributed by atoms with van der Waals surface area (Å²) in [5, 5.41) is 11.1. The topological polar surface area (TPSA) is 88.5 Å². The molecule has 1 heterocycles. The summed E-state index contributed by atoms with van der Waals surface area (Å²) in [6, 6.07) is 2.62. The molecule has 1 amide bonds. The van der Waals surface area contributed by atoms with Gasteiger partial charge in [0.2, 0.25) is 0 Å². The molecule has 80 valence electrons. The summed E-state index contributed by atoms with van der Waals surface area (Å²) in [6.45, 7) is -0.0982. The number of nitrogens with zero attached hydrogens (tertiary/aromatic N) is 1. The van der Waals surface area contributed by atoms with Gasteiger partial charge in [-0.1, -0.05) is 0 Å². The summed E-state index contributed by atoms with van der Waals surface area (Å²) in [7, 11) is 1.39. The zero-order valence-corrected chi connectivity index (χ0v) is 8.06. The number of aromatic carboxylic acids is 1. The average molecular weight is 210 g/mol. The molecule has 15 heavy (non-hydrogen) atoms. The first-order valence-electron chi connectivity index (χ1n) is 4.11. The number of hydrogen-bond acceptors (Lipinski definition) is 4. The van der Waals surface area contributed by atoms with E-state index >= 15 is 0 Å². The van der Waals surface area contributed by atoms with Crippen molar-refractivity contribution in [1.29, 1.82) is 0 Å². The lowest BCUT2D eigenvalue weighted by atomic mass is 10.2. The van der Waals surface area contributed by atoms with Gasteiger partial charge in [0.15, 0.2) is 0 Å². The Kier molecular flexibility index (Phi) is 3.75. The highest BCUT2D eigenvalue weighted by molar-refractivity contribution is 5.93. The Bertz CT molecular complexity index is 378. The van der Waals surface area contributed by atoms with Crippen LogP contribution in [0.5, 0.6) is 0 Å².